The summed E-state index contributed by atoms with van der Waals surface area (Å²) in [5.74, 6) is -0.879. The first kappa shape index (κ1) is 15.2. The monoisotopic (exact) mass is 328 g/mol. The highest BCUT2D eigenvalue weighted by Crippen LogP contribution is 2.21. The van der Waals surface area contributed by atoms with Crippen molar-refractivity contribution >= 4 is 22.4 Å². The number of carbonyl (C=O) groups excluding carboxylic acids is 1. The molecule has 0 saturated heterocycles. The number of thiazole rings is 1. The van der Waals surface area contributed by atoms with E-state index in [1.807, 2.05) is 18.4 Å². The largest absolute Gasteiger partial charge is 0.296 e. The van der Waals surface area contributed by atoms with Crippen molar-refractivity contribution in [3.05, 3.63) is 58.9 Å². The minimum absolute atomic E-state index is 0.275. The second kappa shape index (κ2) is 6.21. The highest BCUT2D eigenvalue weighted by atomic mass is 32.1. The molecule has 0 spiro atoms. The Labute approximate surface area is 136 Å². The van der Waals surface area contributed by atoms with Crippen LogP contribution in [0.5, 0.6) is 0 Å². The summed E-state index contributed by atoms with van der Waals surface area (Å²) in [5, 5.41) is 5.11. The lowest BCUT2D eigenvalue weighted by Crippen LogP contribution is -2.14. The van der Waals surface area contributed by atoms with Crippen molar-refractivity contribution in [1.29, 1.82) is 0 Å². The summed E-state index contributed by atoms with van der Waals surface area (Å²) in [6.07, 6.45) is 1.43. The number of anilines is 1. The summed E-state index contributed by atoms with van der Waals surface area (Å²) in [4.78, 5) is 24.4. The molecule has 0 aliphatic carbocycles. The fourth-order valence-electron chi connectivity index (χ4n) is 2.07. The van der Waals surface area contributed by atoms with Gasteiger partial charge < -0.3 is 0 Å². The van der Waals surface area contributed by atoms with E-state index in [-0.39, 0.29) is 11.6 Å². The Bertz CT molecular complexity index is 861. The number of amides is 1. The van der Waals surface area contributed by atoms with E-state index in [2.05, 4.69) is 20.3 Å². The van der Waals surface area contributed by atoms with Gasteiger partial charge in [0.05, 0.1) is 5.69 Å². The first-order valence-corrected chi connectivity index (χ1v) is 7.73. The summed E-state index contributed by atoms with van der Waals surface area (Å²) in [5.41, 5.74) is 3.28. The second-order valence-corrected chi connectivity index (χ2v) is 5.86. The molecule has 0 saturated carbocycles. The number of pyridine rings is 2. The molecule has 3 aromatic rings. The highest BCUT2D eigenvalue weighted by molar-refractivity contribution is 7.13. The van der Waals surface area contributed by atoms with Gasteiger partial charge in [0, 0.05) is 22.8 Å². The zero-order chi connectivity index (χ0) is 16.4. The number of hydrogen-bond donors (Lipinski definition) is 1. The molecule has 0 aromatic carbocycles. The summed E-state index contributed by atoms with van der Waals surface area (Å²) in [7, 11) is 0. The maximum atomic E-state index is 12.9. The molecule has 0 fully saturated rings. The number of nitrogens with zero attached hydrogens (tertiary/aromatic N) is 3. The van der Waals surface area contributed by atoms with Crippen molar-refractivity contribution < 1.29 is 9.18 Å². The minimum atomic E-state index is -0.545. The normalized spacial score (nSPS) is 10.6. The Morgan fingerprint density at radius 1 is 1.13 bits per heavy atom. The van der Waals surface area contributed by atoms with Crippen molar-refractivity contribution in [3.8, 4) is 11.1 Å². The lowest BCUT2D eigenvalue weighted by Gasteiger charge is -2.07. The summed E-state index contributed by atoms with van der Waals surface area (Å²) in [6, 6.07) is 6.36. The van der Waals surface area contributed by atoms with Crippen molar-refractivity contribution in [2.45, 2.75) is 13.8 Å². The predicted molar refractivity (Wildman–Crippen MR) is 87.0 cm³/mol. The minimum Gasteiger partial charge on any atom is -0.296 e. The number of rotatable bonds is 3. The zero-order valence-corrected chi connectivity index (χ0v) is 13.3. The van der Waals surface area contributed by atoms with Crippen LogP contribution in [0.3, 0.4) is 0 Å². The molecule has 116 valence electrons. The lowest BCUT2D eigenvalue weighted by atomic mass is 10.1. The summed E-state index contributed by atoms with van der Waals surface area (Å²) >= 11 is 1.36. The van der Waals surface area contributed by atoms with Gasteiger partial charge in [-0.2, -0.15) is 4.39 Å². The molecule has 0 unspecified atom stereocenters. The molecule has 0 atom stereocenters. The average Bonchev–Trinajstić information content (AvgIpc) is 2.92. The maximum absolute atomic E-state index is 12.9. The molecule has 1 N–H and O–H groups in total. The van der Waals surface area contributed by atoms with Gasteiger partial charge in [-0.25, -0.2) is 15.0 Å². The van der Waals surface area contributed by atoms with E-state index < -0.39 is 5.95 Å². The Morgan fingerprint density at radius 2 is 1.96 bits per heavy atom. The quantitative estimate of drug-likeness (QED) is 0.746. The molecule has 23 heavy (non-hydrogen) atoms. The fourth-order valence-corrected chi connectivity index (χ4v) is 2.75. The smallest absolute Gasteiger partial charge is 0.276 e. The summed E-state index contributed by atoms with van der Waals surface area (Å²) < 4.78 is 12.9. The molecule has 0 aliphatic heterocycles. The topological polar surface area (TPSA) is 67.8 Å². The van der Waals surface area contributed by atoms with E-state index in [1.54, 1.807) is 19.1 Å². The van der Waals surface area contributed by atoms with Crippen LogP contribution in [0.1, 0.15) is 21.9 Å². The van der Waals surface area contributed by atoms with E-state index in [4.69, 9.17) is 0 Å². The van der Waals surface area contributed by atoms with Crippen LogP contribution < -0.4 is 5.32 Å². The molecule has 0 aliphatic rings. The third-order valence-corrected chi connectivity index (χ3v) is 3.96. The van der Waals surface area contributed by atoms with Gasteiger partial charge in [-0.15, -0.1) is 11.3 Å². The van der Waals surface area contributed by atoms with E-state index in [0.29, 0.717) is 10.8 Å². The highest BCUT2D eigenvalue weighted by Gasteiger charge is 2.12. The van der Waals surface area contributed by atoms with Crippen molar-refractivity contribution in [2.24, 2.45) is 0 Å². The zero-order valence-electron chi connectivity index (χ0n) is 12.5. The van der Waals surface area contributed by atoms with E-state index in [1.165, 1.54) is 23.6 Å². The predicted octanol–water partition coefficient (Wildman–Crippen LogP) is 3.61. The number of aromatic nitrogens is 3. The van der Waals surface area contributed by atoms with Crippen LogP contribution in [-0.2, 0) is 0 Å². The SMILES string of the molecule is Cc1cc(-c2ccc(F)nc2)cc(C(=O)Nc2nc(C)cs2)n1. The number of nitrogens with one attached hydrogen (secondary N) is 1. The van der Waals surface area contributed by atoms with Gasteiger partial charge in [-0.1, -0.05) is 0 Å². The molecular formula is C16H13FN4OS. The van der Waals surface area contributed by atoms with Crippen LogP contribution in [0.4, 0.5) is 9.52 Å². The molecular weight excluding hydrogens is 315 g/mol. The first-order chi connectivity index (χ1) is 11.0. The number of aryl methyl sites for hydroxylation is 2. The molecule has 3 aromatic heterocycles. The van der Waals surface area contributed by atoms with Gasteiger partial charge in [0.1, 0.15) is 5.69 Å². The molecule has 5 nitrogen and oxygen atoms in total. The van der Waals surface area contributed by atoms with Crippen LogP contribution in [0.25, 0.3) is 11.1 Å². The van der Waals surface area contributed by atoms with Crippen molar-refractivity contribution in [1.82, 2.24) is 15.0 Å². The van der Waals surface area contributed by atoms with E-state index in [0.717, 1.165) is 16.8 Å². The number of carbonyl (C=O) groups is 1. The molecule has 1 amide bonds. The lowest BCUT2D eigenvalue weighted by molar-refractivity contribution is 0.102. The van der Waals surface area contributed by atoms with Crippen LogP contribution in [0.15, 0.2) is 35.8 Å². The van der Waals surface area contributed by atoms with Gasteiger partial charge in [-0.05, 0) is 43.7 Å². The standard InChI is InChI=1S/C16H13FN4OS/c1-9-5-12(11-3-4-14(17)18-7-11)6-13(19-9)15(22)21-16-20-10(2)8-23-16/h3-8H,1-2H3,(H,20,21,22). The molecule has 3 heterocycles. The Morgan fingerprint density at radius 3 is 2.61 bits per heavy atom. The van der Waals surface area contributed by atoms with E-state index in [9.17, 15) is 9.18 Å². The Balaban J connectivity index is 1.90. The van der Waals surface area contributed by atoms with Crippen LogP contribution in [0, 0.1) is 19.8 Å². The van der Waals surface area contributed by atoms with Gasteiger partial charge in [0.15, 0.2) is 5.13 Å². The molecule has 7 heteroatoms. The van der Waals surface area contributed by atoms with Gasteiger partial charge in [-0.3, -0.25) is 10.1 Å². The first-order valence-electron chi connectivity index (χ1n) is 6.85. The fraction of sp³-hybridized carbons (Fsp3) is 0.125. The van der Waals surface area contributed by atoms with E-state index >= 15 is 0 Å². The van der Waals surface area contributed by atoms with Crippen LogP contribution in [-0.4, -0.2) is 20.9 Å². The average molecular weight is 328 g/mol. The van der Waals surface area contributed by atoms with Crippen LogP contribution >= 0.6 is 11.3 Å². The second-order valence-electron chi connectivity index (χ2n) is 5.00. The van der Waals surface area contributed by atoms with Gasteiger partial charge in [0.2, 0.25) is 5.95 Å². The third kappa shape index (κ3) is 3.57. The third-order valence-electron chi connectivity index (χ3n) is 3.09. The Hall–Kier alpha value is -2.67. The van der Waals surface area contributed by atoms with Crippen molar-refractivity contribution in [2.75, 3.05) is 5.32 Å². The van der Waals surface area contributed by atoms with Crippen molar-refractivity contribution in [3.63, 3.8) is 0 Å². The van der Waals surface area contributed by atoms with Crippen LogP contribution in [0.2, 0.25) is 0 Å². The summed E-state index contributed by atoms with van der Waals surface area (Å²) in [6.45, 7) is 3.65. The van der Waals surface area contributed by atoms with Gasteiger partial charge >= 0.3 is 0 Å². The Kier molecular flexibility index (Phi) is 4.12. The molecule has 0 bridgehead atoms. The number of hydrogen-bond acceptors (Lipinski definition) is 5. The maximum Gasteiger partial charge on any atom is 0.276 e. The number of halogens is 1. The molecule has 3 rings (SSSR count). The molecule has 0 radical (unpaired) electrons. The van der Waals surface area contributed by atoms with Gasteiger partial charge in [0.25, 0.3) is 5.91 Å².